The average molecular weight is 428 g/mol. The molecule has 13 heteroatoms. The van der Waals surface area contributed by atoms with Crippen molar-refractivity contribution in [1.82, 2.24) is 10.0 Å². The highest BCUT2D eigenvalue weighted by molar-refractivity contribution is 8.15. The maximum atomic E-state index is 13.0. The maximum absolute atomic E-state index is 13.0. The molecule has 1 amide bonds. The standard InChI is InChI=1S/C15H14F6N4O2S/c16-14(17,18)8-5-9(15(19,20)21)7-10(6-8)23-12-11(22)25(13(26)28-12)24-1-3-27-4-2-24/h5-7,12,22-23H,1-4H2. The van der Waals surface area contributed by atoms with E-state index in [1.807, 2.05) is 0 Å². The van der Waals surface area contributed by atoms with Gasteiger partial charge in [-0.05, 0) is 30.0 Å². The fourth-order valence-electron chi connectivity index (χ4n) is 2.72. The number of thioether (sulfide) groups is 1. The van der Waals surface area contributed by atoms with E-state index in [-0.39, 0.29) is 11.9 Å². The number of hydrazine groups is 1. The molecule has 2 heterocycles. The Morgan fingerprint density at radius 1 is 1.04 bits per heavy atom. The van der Waals surface area contributed by atoms with Gasteiger partial charge in [-0.25, -0.2) is 10.0 Å². The van der Waals surface area contributed by atoms with Crippen LogP contribution in [0.2, 0.25) is 0 Å². The third-order valence-electron chi connectivity index (χ3n) is 4.02. The highest BCUT2D eigenvalue weighted by atomic mass is 32.2. The lowest BCUT2D eigenvalue weighted by Crippen LogP contribution is -2.51. The van der Waals surface area contributed by atoms with Crippen LogP contribution in [0.25, 0.3) is 0 Å². The van der Waals surface area contributed by atoms with Crippen molar-refractivity contribution in [1.29, 1.82) is 5.41 Å². The normalized spacial score (nSPS) is 22.1. The fourth-order valence-corrected chi connectivity index (χ4v) is 3.65. The van der Waals surface area contributed by atoms with E-state index in [4.69, 9.17) is 10.1 Å². The van der Waals surface area contributed by atoms with Gasteiger partial charge >= 0.3 is 17.6 Å². The quantitative estimate of drug-likeness (QED) is 0.716. The molecule has 1 aromatic carbocycles. The molecule has 2 aliphatic heterocycles. The lowest BCUT2D eigenvalue weighted by atomic mass is 10.1. The zero-order valence-corrected chi connectivity index (χ0v) is 14.8. The topological polar surface area (TPSA) is 68.7 Å². The third-order valence-corrected chi connectivity index (χ3v) is 4.98. The van der Waals surface area contributed by atoms with E-state index < -0.39 is 39.8 Å². The number of alkyl halides is 6. The Bertz CT molecular complexity index is 747. The number of hydrogen-bond donors (Lipinski definition) is 2. The SMILES string of the molecule is N=C1C(Nc2cc(C(F)(F)F)cc(C(F)(F)F)c2)SC(=O)N1N1CCOCC1. The Hall–Kier alpha value is -1.99. The van der Waals surface area contributed by atoms with E-state index in [0.29, 0.717) is 50.2 Å². The largest absolute Gasteiger partial charge is 0.416 e. The lowest BCUT2D eigenvalue weighted by molar-refractivity contribution is -0.143. The van der Waals surface area contributed by atoms with Gasteiger partial charge < -0.3 is 10.1 Å². The van der Waals surface area contributed by atoms with Crippen LogP contribution in [0, 0.1) is 5.41 Å². The van der Waals surface area contributed by atoms with Gasteiger partial charge in [-0.15, -0.1) is 0 Å². The summed E-state index contributed by atoms with van der Waals surface area (Å²) in [6.45, 7) is 1.34. The summed E-state index contributed by atoms with van der Waals surface area (Å²) < 4.78 is 83.0. The number of nitrogens with zero attached hydrogens (tertiary/aromatic N) is 2. The van der Waals surface area contributed by atoms with E-state index in [2.05, 4.69) is 5.32 Å². The molecule has 0 saturated carbocycles. The predicted octanol–water partition coefficient (Wildman–Crippen LogP) is 3.86. The van der Waals surface area contributed by atoms with Crippen LogP contribution in [0.3, 0.4) is 0 Å². The summed E-state index contributed by atoms with van der Waals surface area (Å²) in [4.78, 5) is 12.2. The molecule has 0 radical (unpaired) electrons. The summed E-state index contributed by atoms with van der Waals surface area (Å²) in [7, 11) is 0. The van der Waals surface area contributed by atoms with Crippen molar-refractivity contribution in [2.45, 2.75) is 17.7 Å². The van der Waals surface area contributed by atoms with Gasteiger partial charge in [0.05, 0.1) is 24.3 Å². The van der Waals surface area contributed by atoms with Gasteiger partial charge in [-0.1, -0.05) is 0 Å². The molecule has 2 N–H and O–H groups in total. The molecule has 0 aromatic heterocycles. The number of carbonyl (C=O) groups excluding carboxylic acids is 1. The minimum atomic E-state index is -4.98. The molecule has 0 bridgehead atoms. The average Bonchev–Trinajstić information content (AvgIpc) is 2.87. The van der Waals surface area contributed by atoms with Gasteiger partial charge in [0.2, 0.25) is 0 Å². The second-order valence-electron chi connectivity index (χ2n) is 5.97. The first-order valence-corrected chi connectivity index (χ1v) is 8.82. The van der Waals surface area contributed by atoms with E-state index in [9.17, 15) is 31.1 Å². The number of rotatable bonds is 3. The molecule has 1 aromatic rings. The summed E-state index contributed by atoms with van der Waals surface area (Å²) in [5, 5.41) is 11.5. The summed E-state index contributed by atoms with van der Waals surface area (Å²) in [6, 6.07) is 1.05. The molecule has 0 spiro atoms. The zero-order valence-electron chi connectivity index (χ0n) is 14.0. The van der Waals surface area contributed by atoms with Crippen LogP contribution < -0.4 is 5.32 Å². The minimum Gasteiger partial charge on any atom is -0.379 e. The van der Waals surface area contributed by atoms with Crippen LogP contribution in [0.5, 0.6) is 0 Å². The first kappa shape index (κ1) is 20.7. The summed E-state index contributed by atoms with van der Waals surface area (Å²) >= 11 is 0.603. The molecule has 3 rings (SSSR count). The number of morpholine rings is 1. The Morgan fingerprint density at radius 3 is 2.07 bits per heavy atom. The second kappa shape index (κ2) is 7.44. The number of nitrogens with one attached hydrogen (secondary N) is 2. The van der Waals surface area contributed by atoms with E-state index >= 15 is 0 Å². The summed E-state index contributed by atoms with van der Waals surface area (Å²) in [6.07, 6.45) is -9.96. The van der Waals surface area contributed by atoms with Crippen molar-refractivity contribution in [2.24, 2.45) is 0 Å². The lowest BCUT2D eigenvalue weighted by Gasteiger charge is -2.33. The predicted molar refractivity (Wildman–Crippen MR) is 88.8 cm³/mol. The van der Waals surface area contributed by atoms with Crippen molar-refractivity contribution in [2.75, 3.05) is 31.6 Å². The third kappa shape index (κ3) is 4.36. The molecule has 6 nitrogen and oxygen atoms in total. The number of amides is 1. The zero-order chi connectivity index (χ0) is 20.7. The van der Waals surface area contributed by atoms with Crippen LogP contribution in [0.1, 0.15) is 11.1 Å². The first-order chi connectivity index (χ1) is 13.0. The smallest absolute Gasteiger partial charge is 0.379 e. The number of carbonyl (C=O) groups is 1. The number of ether oxygens (including phenoxy) is 1. The highest BCUT2D eigenvalue weighted by Crippen LogP contribution is 2.38. The molecule has 1 atom stereocenters. The Balaban J connectivity index is 1.85. The van der Waals surface area contributed by atoms with Crippen molar-refractivity contribution < 1.29 is 35.9 Å². The fraction of sp³-hybridized carbons (Fsp3) is 0.467. The van der Waals surface area contributed by atoms with Gasteiger partial charge in [0, 0.05) is 18.8 Å². The molecule has 0 aliphatic carbocycles. The Labute approximate surface area is 159 Å². The molecular formula is C15H14F6N4O2S. The molecule has 28 heavy (non-hydrogen) atoms. The highest BCUT2D eigenvalue weighted by Gasteiger charge is 2.42. The monoisotopic (exact) mass is 428 g/mol. The Kier molecular flexibility index (Phi) is 5.51. The van der Waals surface area contributed by atoms with Crippen molar-refractivity contribution in [3.63, 3.8) is 0 Å². The minimum absolute atomic E-state index is 0.0173. The van der Waals surface area contributed by atoms with E-state index in [0.717, 1.165) is 5.01 Å². The van der Waals surface area contributed by atoms with Crippen LogP contribution in [-0.4, -0.2) is 52.8 Å². The number of hydrogen-bond acceptors (Lipinski definition) is 6. The molecule has 2 saturated heterocycles. The Morgan fingerprint density at radius 2 is 1.57 bits per heavy atom. The van der Waals surface area contributed by atoms with Crippen molar-refractivity contribution in [3.8, 4) is 0 Å². The van der Waals surface area contributed by atoms with Crippen LogP contribution in [-0.2, 0) is 17.1 Å². The number of benzene rings is 1. The number of halogens is 6. The second-order valence-corrected chi connectivity index (χ2v) is 7.02. The van der Waals surface area contributed by atoms with Crippen LogP contribution >= 0.6 is 11.8 Å². The first-order valence-electron chi connectivity index (χ1n) is 7.94. The van der Waals surface area contributed by atoms with Gasteiger partial charge in [0.25, 0.3) is 0 Å². The number of amidine groups is 1. The van der Waals surface area contributed by atoms with Crippen molar-refractivity contribution >= 4 is 28.5 Å². The van der Waals surface area contributed by atoms with Gasteiger partial charge in [0.15, 0.2) is 5.84 Å². The molecular weight excluding hydrogens is 414 g/mol. The van der Waals surface area contributed by atoms with E-state index in [1.165, 1.54) is 0 Å². The maximum Gasteiger partial charge on any atom is 0.416 e. The number of anilines is 1. The van der Waals surface area contributed by atoms with Crippen molar-refractivity contribution in [3.05, 3.63) is 29.3 Å². The summed E-state index contributed by atoms with van der Waals surface area (Å²) in [5.41, 5.74) is -3.44. The molecule has 154 valence electrons. The molecule has 2 fully saturated rings. The van der Waals surface area contributed by atoms with E-state index in [1.54, 1.807) is 5.01 Å². The van der Waals surface area contributed by atoms with Crippen LogP contribution in [0.15, 0.2) is 18.2 Å². The van der Waals surface area contributed by atoms with Gasteiger partial charge in [-0.2, -0.15) is 26.3 Å². The van der Waals surface area contributed by atoms with Gasteiger partial charge in [0.1, 0.15) is 5.37 Å². The molecule has 1 unspecified atom stereocenters. The summed E-state index contributed by atoms with van der Waals surface area (Å²) in [5.74, 6) is -0.275. The van der Waals surface area contributed by atoms with Gasteiger partial charge in [-0.3, -0.25) is 10.2 Å². The van der Waals surface area contributed by atoms with Crippen LogP contribution in [0.4, 0.5) is 36.8 Å². The molecule has 2 aliphatic rings.